The second-order valence-corrected chi connectivity index (χ2v) is 15.7. The van der Waals surface area contributed by atoms with Gasteiger partial charge in [0.1, 0.15) is 6.10 Å². The second-order valence-electron chi connectivity index (χ2n) is 15.7. The third kappa shape index (κ3) is 3.41. The minimum Gasteiger partial charge on any atom is -0.462 e. The van der Waals surface area contributed by atoms with Crippen molar-refractivity contribution in [1.82, 2.24) is 0 Å². The van der Waals surface area contributed by atoms with Gasteiger partial charge in [0.15, 0.2) is 0 Å². The summed E-state index contributed by atoms with van der Waals surface area (Å²) in [5.74, 6) is 1.65. The first kappa shape index (κ1) is 25.8. The van der Waals surface area contributed by atoms with Crippen molar-refractivity contribution < 1.29 is 14.6 Å². The number of hydrogen-bond acceptors (Lipinski definition) is 3. The van der Waals surface area contributed by atoms with E-state index in [0.717, 1.165) is 12.8 Å². The average Bonchev–Trinajstić information content (AvgIpc) is 2.76. The zero-order chi connectivity index (χ0) is 25.7. The molecule has 0 bridgehead atoms. The Bertz CT molecular complexity index is 916. The third-order valence-electron chi connectivity index (χ3n) is 13.4. The Morgan fingerprint density at radius 2 is 1.63 bits per heavy atom. The van der Waals surface area contributed by atoms with Crippen molar-refractivity contribution >= 4 is 5.97 Å². The van der Waals surface area contributed by atoms with Gasteiger partial charge in [-0.3, -0.25) is 4.79 Å². The van der Waals surface area contributed by atoms with Gasteiger partial charge in [0.25, 0.3) is 0 Å². The Morgan fingerprint density at radius 1 is 0.943 bits per heavy atom. The Morgan fingerprint density at radius 3 is 2.29 bits per heavy atom. The molecular weight excluding hydrogens is 432 g/mol. The van der Waals surface area contributed by atoms with Gasteiger partial charge in [-0.15, -0.1) is 0 Å². The van der Waals surface area contributed by atoms with Gasteiger partial charge < -0.3 is 9.84 Å². The van der Waals surface area contributed by atoms with E-state index in [9.17, 15) is 9.90 Å². The highest BCUT2D eigenvalue weighted by Gasteiger charge is 2.68. The second kappa shape index (κ2) is 7.84. The lowest BCUT2D eigenvalue weighted by Gasteiger charge is -2.71. The fourth-order valence-electron chi connectivity index (χ4n) is 11.0. The Balaban J connectivity index is 1.53. The largest absolute Gasteiger partial charge is 0.462 e. The van der Waals surface area contributed by atoms with E-state index in [1.165, 1.54) is 51.4 Å². The van der Waals surface area contributed by atoms with E-state index in [4.69, 9.17) is 4.74 Å². The highest BCUT2D eigenvalue weighted by Crippen LogP contribution is 2.75. The van der Waals surface area contributed by atoms with Gasteiger partial charge in [-0.2, -0.15) is 0 Å². The fraction of sp³-hybridized carbons (Fsp3) is 0.906. The molecule has 0 saturated heterocycles. The van der Waals surface area contributed by atoms with Gasteiger partial charge in [0.05, 0.1) is 0 Å². The maximum absolute atomic E-state index is 11.9. The van der Waals surface area contributed by atoms with Crippen LogP contribution in [0.3, 0.4) is 0 Å². The van der Waals surface area contributed by atoms with Gasteiger partial charge in [0.2, 0.25) is 0 Å². The molecule has 5 rings (SSSR count). The van der Waals surface area contributed by atoms with E-state index in [1.807, 2.05) is 0 Å². The molecule has 3 heteroatoms. The van der Waals surface area contributed by atoms with Crippen LogP contribution in [-0.2, 0) is 9.53 Å². The van der Waals surface area contributed by atoms with Gasteiger partial charge in [-0.1, -0.05) is 60.1 Å². The van der Waals surface area contributed by atoms with Crippen LogP contribution in [0, 0.1) is 50.2 Å². The van der Waals surface area contributed by atoms with E-state index in [2.05, 4.69) is 54.5 Å². The smallest absolute Gasteiger partial charge is 0.302 e. The summed E-state index contributed by atoms with van der Waals surface area (Å²) in [5.41, 5.74) is 2.98. The minimum absolute atomic E-state index is 0.0108. The van der Waals surface area contributed by atoms with Crippen molar-refractivity contribution in [1.29, 1.82) is 0 Å². The summed E-state index contributed by atoms with van der Waals surface area (Å²) in [4.78, 5) is 11.9. The molecule has 0 aromatic carbocycles. The van der Waals surface area contributed by atoms with Crippen molar-refractivity contribution in [2.24, 2.45) is 50.2 Å². The van der Waals surface area contributed by atoms with Crippen LogP contribution in [0.25, 0.3) is 0 Å². The normalized spacial score (nSPS) is 50.0. The molecule has 0 aliphatic heterocycles. The predicted octanol–water partition coefficient (Wildman–Crippen LogP) is 7.71. The first-order valence-corrected chi connectivity index (χ1v) is 14.6. The first-order valence-electron chi connectivity index (χ1n) is 14.6. The number of carbonyl (C=O) groups excluding carboxylic acids is 1. The molecule has 0 spiro atoms. The van der Waals surface area contributed by atoms with Crippen molar-refractivity contribution in [3.8, 4) is 0 Å². The predicted molar refractivity (Wildman–Crippen MR) is 142 cm³/mol. The number of esters is 1. The number of ether oxygens (including phenoxy) is 1. The van der Waals surface area contributed by atoms with Gasteiger partial charge in [-0.05, 0) is 104 Å². The number of aliphatic hydroxyl groups is 1. The third-order valence-corrected chi connectivity index (χ3v) is 13.4. The lowest BCUT2D eigenvalue weighted by atomic mass is 9.33. The zero-order valence-electron chi connectivity index (χ0n) is 23.9. The molecule has 35 heavy (non-hydrogen) atoms. The Labute approximate surface area is 214 Å². The molecule has 0 amide bonds. The van der Waals surface area contributed by atoms with E-state index in [0.29, 0.717) is 29.8 Å². The molecule has 4 saturated carbocycles. The van der Waals surface area contributed by atoms with Crippen molar-refractivity contribution in [3.05, 3.63) is 11.6 Å². The Hall–Kier alpha value is -0.830. The van der Waals surface area contributed by atoms with E-state index in [-0.39, 0.29) is 39.1 Å². The van der Waals surface area contributed by atoms with Crippen LogP contribution >= 0.6 is 0 Å². The van der Waals surface area contributed by atoms with Crippen LogP contribution in [0.2, 0.25) is 0 Å². The number of allylic oxidation sites excluding steroid dienone is 2. The van der Waals surface area contributed by atoms with Crippen LogP contribution in [0.1, 0.15) is 120 Å². The molecule has 0 radical (unpaired) electrons. The molecule has 8 atom stereocenters. The monoisotopic (exact) mass is 484 g/mol. The molecule has 5 aliphatic rings. The van der Waals surface area contributed by atoms with Crippen LogP contribution in [0.15, 0.2) is 11.6 Å². The topological polar surface area (TPSA) is 46.5 Å². The summed E-state index contributed by atoms with van der Waals surface area (Å²) in [7, 11) is 0. The van der Waals surface area contributed by atoms with E-state index in [1.54, 1.807) is 12.5 Å². The van der Waals surface area contributed by atoms with Crippen LogP contribution in [-0.4, -0.2) is 23.8 Å². The summed E-state index contributed by atoms with van der Waals surface area (Å²) in [6, 6.07) is 0. The molecule has 0 aromatic rings. The zero-order valence-corrected chi connectivity index (χ0v) is 23.9. The summed E-state index contributed by atoms with van der Waals surface area (Å²) in [6.07, 6.45) is 14.6. The van der Waals surface area contributed by atoms with Crippen LogP contribution in [0.4, 0.5) is 0 Å². The molecule has 1 N–H and O–H groups in total. The molecule has 0 unspecified atom stereocenters. The minimum atomic E-state index is -0.130. The summed E-state index contributed by atoms with van der Waals surface area (Å²) >= 11 is 0. The average molecular weight is 485 g/mol. The number of carbonyl (C=O) groups is 1. The molecule has 0 aromatic heterocycles. The summed E-state index contributed by atoms with van der Waals surface area (Å²) in [5, 5.41) is 10.7. The van der Waals surface area contributed by atoms with Crippen LogP contribution in [0.5, 0.6) is 0 Å². The van der Waals surface area contributed by atoms with Crippen molar-refractivity contribution in [2.45, 2.75) is 126 Å². The fourth-order valence-corrected chi connectivity index (χ4v) is 11.0. The molecule has 5 aliphatic carbocycles. The highest BCUT2D eigenvalue weighted by molar-refractivity contribution is 5.66. The van der Waals surface area contributed by atoms with Crippen molar-refractivity contribution in [3.63, 3.8) is 0 Å². The number of fused-ring (bicyclic) bond motifs is 7. The summed E-state index contributed by atoms with van der Waals surface area (Å²) in [6.45, 7) is 19.4. The molecule has 0 heterocycles. The number of hydrogen-bond donors (Lipinski definition) is 1. The van der Waals surface area contributed by atoms with Gasteiger partial charge in [0, 0.05) is 24.4 Å². The molecular formula is C32H52O3. The van der Waals surface area contributed by atoms with Gasteiger partial charge in [-0.25, -0.2) is 0 Å². The van der Waals surface area contributed by atoms with Crippen LogP contribution < -0.4 is 0 Å². The SMILES string of the molecule is CC(=O)O[C@H]1CC[C@]2(C)[C@H]3CC=C4[C@@H]5CC(C)(C)CC[C@]5(CO)CC[C@@]4(C)[C@]3(C)CC[C@H]2C1(C)C. The van der Waals surface area contributed by atoms with Crippen molar-refractivity contribution in [2.75, 3.05) is 6.61 Å². The first-order chi connectivity index (χ1) is 16.2. The maximum atomic E-state index is 11.9. The Kier molecular flexibility index (Phi) is 5.78. The molecule has 198 valence electrons. The lowest BCUT2D eigenvalue weighted by Crippen LogP contribution is -2.65. The van der Waals surface area contributed by atoms with Gasteiger partial charge >= 0.3 is 5.97 Å². The maximum Gasteiger partial charge on any atom is 0.302 e. The molecule has 4 fully saturated rings. The number of rotatable bonds is 2. The quantitative estimate of drug-likeness (QED) is 0.322. The standard InChI is InChI=1S/C32H52O3/c1-21(34)35-26-12-13-29(6)24(28(26,4)5)11-14-31(8)25(29)10-9-22-23-19-27(2,3)15-17-32(23,20-33)18-16-30(22,31)7/h9,23-26,33H,10-20H2,1-8H3/t23-,24-,25+,26-,29-,30+,31+,32+/m0/s1. The summed E-state index contributed by atoms with van der Waals surface area (Å²) < 4.78 is 5.89. The van der Waals surface area contributed by atoms with E-state index < -0.39 is 0 Å². The lowest BCUT2D eigenvalue weighted by molar-refractivity contribution is -0.213. The highest BCUT2D eigenvalue weighted by atomic mass is 16.5. The number of aliphatic hydroxyl groups excluding tert-OH is 1. The molecule has 3 nitrogen and oxygen atoms in total. The van der Waals surface area contributed by atoms with E-state index >= 15 is 0 Å².